The summed E-state index contributed by atoms with van der Waals surface area (Å²) in [6.07, 6.45) is 0. The number of thiophene rings is 2. The summed E-state index contributed by atoms with van der Waals surface area (Å²) in [5, 5.41) is 5.03. The van der Waals surface area contributed by atoms with Crippen molar-refractivity contribution in [1.82, 2.24) is 15.0 Å². The number of hydrogen-bond acceptors (Lipinski definition) is 5. The van der Waals surface area contributed by atoms with Crippen molar-refractivity contribution in [2.75, 3.05) is 0 Å². The van der Waals surface area contributed by atoms with Crippen molar-refractivity contribution in [3.05, 3.63) is 188 Å². The molecule has 0 radical (unpaired) electrons. The van der Waals surface area contributed by atoms with E-state index in [1.165, 1.54) is 57.9 Å². The third-order valence-corrected chi connectivity index (χ3v) is 12.9. The molecule has 3 heterocycles. The molecule has 5 heteroatoms. The minimum atomic E-state index is 0.648. The summed E-state index contributed by atoms with van der Waals surface area (Å²) in [5.41, 5.74) is 10.1. The lowest BCUT2D eigenvalue weighted by atomic mass is 9.93. The Hall–Kier alpha value is -6.79. The van der Waals surface area contributed by atoms with Crippen LogP contribution in [0.15, 0.2) is 188 Å². The van der Waals surface area contributed by atoms with Gasteiger partial charge in [0.15, 0.2) is 17.5 Å². The highest BCUT2D eigenvalue weighted by molar-refractivity contribution is 7.27. The van der Waals surface area contributed by atoms with E-state index in [9.17, 15) is 0 Å². The van der Waals surface area contributed by atoms with Crippen LogP contribution in [0.5, 0.6) is 0 Å². The fourth-order valence-electron chi connectivity index (χ4n) is 7.88. The highest BCUT2D eigenvalue weighted by Crippen LogP contribution is 2.48. The molecule has 0 bridgehead atoms. The molecule has 0 saturated carbocycles. The molecule has 0 fully saturated rings. The van der Waals surface area contributed by atoms with Gasteiger partial charge in [0.05, 0.1) is 0 Å². The van der Waals surface area contributed by atoms with E-state index in [0.717, 1.165) is 32.5 Å². The van der Waals surface area contributed by atoms with Crippen LogP contribution in [0.1, 0.15) is 0 Å². The molecule has 11 rings (SSSR count). The lowest BCUT2D eigenvalue weighted by Crippen LogP contribution is -2.00. The predicted octanol–water partition coefficient (Wildman–Crippen LogP) is 14.6. The second-order valence-electron chi connectivity index (χ2n) is 13.9. The Balaban J connectivity index is 1.14. The molecule has 0 N–H and O–H groups in total. The van der Waals surface area contributed by atoms with Crippen molar-refractivity contribution < 1.29 is 0 Å². The van der Waals surface area contributed by atoms with Crippen molar-refractivity contribution in [3.63, 3.8) is 0 Å². The fourth-order valence-corrected chi connectivity index (χ4v) is 10.4. The van der Waals surface area contributed by atoms with Crippen LogP contribution >= 0.6 is 22.7 Å². The number of fused-ring (bicyclic) bond motifs is 6. The number of hydrogen-bond donors (Lipinski definition) is 0. The van der Waals surface area contributed by atoms with Gasteiger partial charge in [-0.25, -0.2) is 15.0 Å². The van der Waals surface area contributed by atoms with E-state index in [1.807, 2.05) is 46.9 Å². The zero-order valence-electron chi connectivity index (χ0n) is 30.1. The van der Waals surface area contributed by atoms with Gasteiger partial charge in [0, 0.05) is 62.6 Å². The van der Waals surface area contributed by atoms with Gasteiger partial charge in [-0.1, -0.05) is 158 Å². The molecular formula is C51H31N3S2. The Kier molecular flexibility index (Phi) is 7.87. The third kappa shape index (κ3) is 5.60. The van der Waals surface area contributed by atoms with E-state index in [-0.39, 0.29) is 0 Å². The largest absolute Gasteiger partial charge is 0.208 e. The predicted molar refractivity (Wildman–Crippen MR) is 238 cm³/mol. The van der Waals surface area contributed by atoms with Gasteiger partial charge in [0.1, 0.15) is 0 Å². The highest BCUT2D eigenvalue weighted by Gasteiger charge is 2.20. The molecule has 56 heavy (non-hydrogen) atoms. The van der Waals surface area contributed by atoms with Crippen molar-refractivity contribution in [2.45, 2.75) is 0 Å². The quantitative estimate of drug-likeness (QED) is 0.170. The average molecular weight is 750 g/mol. The molecule has 262 valence electrons. The molecule has 8 aromatic carbocycles. The van der Waals surface area contributed by atoms with Crippen LogP contribution in [0.3, 0.4) is 0 Å². The lowest BCUT2D eigenvalue weighted by molar-refractivity contribution is 1.08. The molecule has 3 aromatic heterocycles. The fraction of sp³-hybridized carbons (Fsp3) is 0. The van der Waals surface area contributed by atoms with Crippen molar-refractivity contribution in [1.29, 1.82) is 0 Å². The lowest BCUT2D eigenvalue weighted by Gasteiger charge is -2.10. The minimum Gasteiger partial charge on any atom is -0.208 e. The van der Waals surface area contributed by atoms with Gasteiger partial charge < -0.3 is 0 Å². The van der Waals surface area contributed by atoms with Crippen LogP contribution in [-0.2, 0) is 0 Å². The van der Waals surface area contributed by atoms with Crippen LogP contribution in [0, 0.1) is 0 Å². The molecule has 3 nitrogen and oxygen atoms in total. The summed E-state index contributed by atoms with van der Waals surface area (Å²) in [6.45, 7) is 0. The molecule has 0 amide bonds. The van der Waals surface area contributed by atoms with Gasteiger partial charge in [-0.2, -0.15) is 0 Å². The van der Waals surface area contributed by atoms with Gasteiger partial charge in [0.2, 0.25) is 0 Å². The Bertz CT molecular complexity index is 3240. The van der Waals surface area contributed by atoms with E-state index < -0.39 is 0 Å². The van der Waals surface area contributed by atoms with Crippen LogP contribution in [0.25, 0.3) is 108 Å². The van der Waals surface area contributed by atoms with Gasteiger partial charge in [-0.05, 0) is 58.1 Å². The summed E-state index contributed by atoms with van der Waals surface area (Å²) in [4.78, 5) is 15.5. The molecule has 0 spiro atoms. The standard InChI is InChI=1S/C51H31N3S2/c1-4-15-32(16-5-1)35-21-12-22-36(29-35)50-52-49(34-19-8-3-9-20-34)53-51(54-50)42-27-14-25-39-38-24-13-26-40(47(38)56-48(39)42)43-30-37(33-17-6-2-7-18-33)31-45-46(43)41-23-10-11-28-44(41)55-45/h1-31H. The zero-order chi connectivity index (χ0) is 37.0. The maximum Gasteiger partial charge on any atom is 0.165 e. The average Bonchev–Trinajstić information content (AvgIpc) is 3.86. The summed E-state index contributed by atoms with van der Waals surface area (Å²) < 4.78 is 5.01. The van der Waals surface area contributed by atoms with E-state index in [2.05, 4.69) is 164 Å². The monoisotopic (exact) mass is 749 g/mol. The molecule has 0 aliphatic carbocycles. The smallest absolute Gasteiger partial charge is 0.165 e. The van der Waals surface area contributed by atoms with Crippen molar-refractivity contribution in [2.24, 2.45) is 0 Å². The van der Waals surface area contributed by atoms with E-state index in [4.69, 9.17) is 15.0 Å². The molecule has 0 atom stereocenters. The SMILES string of the molecule is c1ccc(-c2cccc(-c3nc(-c4ccccc4)nc(-c4cccc5c4sc4c(-c6cc(-c7ccccc7)cc7sc8ccccc8c67)cccc45)n3)c2)cc1. The molecule has 0 unspecified atom stereocenters. The van der Waals surface area contributed by atoms with Gasteiger partial charge in [0.25, 0.3) is 0 Å². The Morgan fingerprint density at radius 3 is 1.54 bits per heavy atom. The van der Waals surface area contributed by atoms with Crippen LogP contribution in [-0.4, -0.2) is 15.0 Å². The molecule has 0 saturated heterocycles. The zero-order valence-corrected chi connectivity index (χ0v) is 31.7. The van der Waals surface area contributed by atoms with Crippen molar-refractivity contribution >= 4 is 63.0 Å². The summed E-state index contributed by atoms with van der Waals surface area (Å²) >= 11 is 3.70. The Labute approximate surface area is 331 Å². The van der Waals surface area contributed by atoms with E-state index in [1.54, 1.807) is 0 Å². The maximum absolute atomic E-state index is 5.23. The molecule has 11 aromatic rings. The second-order valence-corrected chi connectivity index (χ2v) is 16.1. The van der Waals surface area contributed by atoms with Gasteiger partial charge in [-0.3, -0.25) is 0 Å². The molecule has 0 aliphatic rings. The van der Waals surface area contributed by atoms with Gasteiger partial charge >= 0.3 is 0 Å². The third-order valence-electron chi connectivity index (χ3n) is 10.5. The highest BCUT2D eigenvalue weighted by atomic mass is 32.1. The first kappa shape index (κ1) is 32.6. The van der Waals surface area contributed by atoms with Crippen LogP contribution in [0.4, 0.5) is 0 Å². The summed E-state index contributed by atoms with van der Waals surface area (Å²) in [6, 6.07) is 66.7. The normalized spacial score (nSPS) is 11.6. The van der Waals surface area contributed by atoms with Crippen molar-refractivity contribution in [3.8, 4) is 67.5 Å². The molecular weight excluding hydrogens is 719 g/mol. The first-order chi connectivity index (χ1) is 27.7. The van der Waals surface area contributed by atoms with E-state index >= 15 is 0 Å². The number of nitrogens with zero attached hydrogens (tertiary/aromatic N) is 3. The number of rotatable bonds is 6. The first-order valence-electron chi connectivity index (χ1n) is 18.7. The van der Waals surface area contributed by atoms with Crippen LogP contribution < -0.4 is 0 Å². The second kappa shape index (κ2) is 13.5. The summed E-state index contributed by atoms with van der Waals surface area (Å²) in [5.74, 6) is 1.96. The van der Waals surface area contributed by atoms with Gasteiger partial charge in [-0.15, -0.1) is 22.7 Å². The Morgan fingerprint density at radius 2 is 0.804 bits per heavy atom. The number of benzene rings is 8. The summed E-state index contributed by atoms with van der Waals surface area (Å²) in [7, 11) is 0. The topological polar surface area (TPSA) is 38.7 Å². The minimum absolute atomic E-state index is 0.648. The first-order valence-corrected chi connectivity index (χ1v) is 20.3. The Morgan fingerprint density at radius 1 is 0.286 bits per heavy atom. The molecule has 0 aliphatic heterocycles. The van der Waals surface area contributed by atoms with Crippen LogP contribution in [0.2, 0.25) is 0 Å². The maximum atomic E-state index is 5.23. The van der Waals surface area contributed by atoms with E-state index in [0.29, 0.717) is 17.5 Å². The number of aromatic nitrogens is 3.